The topological polar surface area (TPSA) is 13.1 Å². The minimum absolute atomic E-state index is 0.219. The summed E-state index contributed by atoms with van der Waals surface area (Å²) in [6.07, 6.45) is 2.84. The van der Waals surface area contributed by atoms with Gasteiger partial charge in [-0.3, -0.25) is 0 Å². The van der Waals surface area contributed by atoms with E-state index in [1.807, 2.05) is 34.0 Å². The monoisotopic (exact) mass is 212 g/mol. The summed E-state index contributed by atoms with van der Waals surface area (Å²) in [5, 5.41) is 0. The fraction of sp³-hybridized carbons (Fsp3) is 0.714. The number of hydrogen-bond donors (Lipinski definition) is 0. The molecule has 1 aromatic rings. The minimum Gasteiger partial charge on any atom is -0.469 e. The zero-order valence-electron chi connectivity index (χ0n) is 11.8. The van der Waals surface area contributed by atoms with Crippen molar-refractivity contribution in [1.82, 2.24) is 0 Å². The quantitative estimate of drug-likeness (QED) is 0.624. The summed E-state index contributed by atoms with van der Waals surface area (Å²) >= 11 is 0. The molecule has 1 aromatic heterocycles. The predicted molar refractivity (Wildman–Crippen MR) is 69.5 cm³/mol. The highest BCUT2D eigenvalue weighted by Gasteiger charge is 2.15. The van der Waals surface area contributed by atoms with E-state index in [0.717, 1.165) is 12.2 Å². The molecule has 0 aliphatic rings. The molecule has 0 atom stereocenters. The van der Waals surface area contributed by atoms with Crippen LogP contribution in [0.5, 0.6) is 0 Å². The Morgan fingerprint density at radius 1 is 1.07 bits per heavy atom. The van der Waals surface area contributed by atoms with E-state index < -0.39 is 0 Å². The van der Waals surface area contributed by atoms with Gasteiger partial charge < -0.3 is 4.42 Å². The lowest BCUT2D eigenvalue weighted by atomic mass is 9.89. The van der Waals surface area contributed by atoms with E-state index in [4.69, 9.17) is 4.42 Å². The Morgan fingerprint density at radius 3 is 1.73 bits per heavy atom. The fourth-order valence-corrected chi connectivity index (χ4v) is 0.959. The average molecular weight is 212 g/mol. The first-order chi connectivity index (χ1) is 7.04. The van der Waals surface area contributed by atoms with Crippen LogP contribution in [0.15, 0.2) is 16.7 Å². The Labute approximate surface area is 95.9 Å². The van der Waals surface area contributed by atoms with E-state index in [1.54, 1.807) is 0 Å². The molecule has 1 rings (SSSR count). The second kappa shape index (κ2) is 8.58. The molecule has 0 radical (unpaired) electrons. The van der Waals surface area contributed by atoms with Crippen molar-refractivity contribution in [2.45, 2.75) is 67.2 Å². The second-order valence-corrected chi connectivity index (χ2v) is 3.91. The predicted octanol–water partition coefficient (Wildman–Crippen LogP) is 5.19. The summed E-state index contributed by atoms with van der Waals surface area (Å²) in [7, 11) is 0. The van der Waals surface area contributed by atoms with Gasteiger partial charge >= 0.3 is 0 Å². The molecule has 0 N–H and O–H groups in total. The molecule has 1 heterocycles. The molecule has 0 aliphatic heterocycles. The van der Waals surface area contributed by atoms with Gasteiger partial charge in [0.25, 0.3) is 0 Å². The molecule has 0 aliphatic carbocycles. The molecule has 0 saturated heterocycles. The van der Waals surface area contributed by atoms with Gasteiger partial charge in [0.2, 0.25) is 0 Å². The van der Waals surface area contributed by atoms with Crippen LogP contribution in [0.4, 0.5) is 0 Å². The zero-order chi connectivity index (χ0) is 12.5. The van der Waals surface area contributed by atoms with Crippen molar-refractivity contribution in [3.8, 4) is 0 Å². The Kier molecular flexibility index (Phi) is 9.55. The maximum absolute atomic E-state index is 5.34. The van der Waals surface area contributed by atoms with Crippen LogP contribution in [0.3, 0.4) is 0 Å². The first-order valence-corrected chi connectivity index (χ1v) is 6.12. The van der Waals surface area contributed by atoms with Crippen LogP contribution in [0.2, 0.25) is 0 Å². The van der Waals surface area contributed by atoms with E-state index in [1.165, 1.54) is 5.56 Å². The molecule has 0 fully saturated rings. The van der Waals surface area contributed by atoms with Crippen LogP contribution in [0.25, 0.3) is 0 Å². The summed E-state index contributed by atoms with van der Waals surface area (Å²) in [6.45, 7) is 16.7. The molecule has 15 heavy (non-hydrogen) atoms. The maximum atomic E-state index is 5.34. The van der Waals surface area contributed by atoms with Crippen LogP contribution in [-0.4, -0.2) is 0 Å². The number of furan rings is 1. The summed E-state index contributed by atoms with van der Waals surface area (Å²) in [5.74, 6) is 1.08. The van der Waals surface area contributed by atoms with Gasteiger partial charge in [-0.25, -0.2) is 0 Å². The van der Waals surface area contributed by atoms with Crippen LogP contribution in [0, 0.1) is 0 Å². The van der Waals surface area contributed by atoms with Crippen molar-refractivity contribution < 1.29 is 4.42 Å². The van der Waals surface area contributed by atoms with E-state index in [2.05, 4.69) is 33.8 Å². The van der Waals surface area contributed by atoms with Crippen molar-refractivity contribution in [2.75, 3.05) is 0 Å². The third-order valence-corrected chi connectivity index (χ3v) is 1.87. The molecule has 1 nitrogen and oxygen atoms in total. The number of rotatable bonds is 1. The van der Waals surface area contributed by atoms with Gasteiger partial charge in [0.1, 0.15) is 5.76 Å². The maximum Gasteiger partial charge on any atom is 0.103 e. The molecular formula is C14H28O. The van der Waals surface area contributed by atoms with Crippen LogP contribution >= 0.6 is 0 Å². The molecular weight excluding hydrogens is 184 g/mol. The van der Waals surface area contributed by atoms with Crippen molar-refractivity contribution in [3.63, 3.8) is 0 Å². The first kappa shape index (κ1) is 16.7. The molecule has 0 unspecified atom stereocenters. The van der Waals surface area contributed by atoms with Gasteiger partial charge in [0.05, 0.1) is 6.26 Å². The standard InChI is InChI=1S/C10H16O.2C2H6/c1-5-9-6-8(7-11-9)10(2,3)4;2*1-2/h6-7H,5H2,1-4H3;2*1-2H3. The van der Waals surface area contributed by atoms with E-state index in [-0.39, 0.29) is 5.41 Å². The van der Waals surface area contributed by atoms with E-state index >= 15 is 0 Å². The highest BCUT2D eigenvalue weighted by atomic mass is 16.3. The summed E-state index contributed by atoms with van der Waals surface area (Å²) in [4.78, 5) is 0. The molecule has 0 bridgehead atoms. The van der Waals surface area contributed by atoms with E-state index in [9.17, 15) is 0 Å². The number of hydrogen-bond acceptors (Lipinski definition) is 1. The van der Waals surface area contributed by atoms with Gasteiger partial charge in [-0.15, -0.1) is 0 Å². The van der Waals surface area contributed by atoms with Crippen molar-refractivity contribution in [3.05, 3.63) is 23.7 Å². The number of aryl methyl sites for hydroxylation is 1. The molecule has 0 spiro atoms. The third-order valence-electron chi connectivity index (χ3n) is 1.87. The summed E-state index contributed by atoms with van der Waals surface area (Å²) in [6, 6.07) is 2.14. The van der Waals surface area contributed by atoms with Crippen molar-refractivity contribution in [1.29, 1.82) is 0 Å². The smallest absolute Gasteiger partial charge is 0.103 e. The Morgan fingerprint density at radius 2 is 1.53 bits per heavy atom. The highest BCUT2D eigenvalue weighted by Crippen LogP contribution is 2.24. The average Bonchev–Trinajstić information content (AvgIpc) is 2.71. The SMILES string of the molecule is CC.CC.CCc1cc(C(C)(C)C)co1. The molecule has 0 amide bonds. The lowest BCUT2D eigenvalue weighted by Crippen LogP contribution is -2.08. The van der Waals surface area contributed by atoms with Gasteiger partial charge in [0, 0.05) is 6.42 Å². The van der Waals surface area contributed by atoms with Crippen LogP contribution in [-0.2, 0) is 11.8 Å². The third kappa shape index (κ3) is 6.38. The lowest BCUT2D eigenvalue weighted by Gasteiger charge is -2.14. The zero-order valence-corrected chi connectivity index (χ0v) is 11.8. The molecule has 0 saturated carbocycles. The Balaban J connectivity index is 0. The molecule has 0 aromatic carbocycles. The van der Waals surface area contributed by atoms with Gasteiger partial charge in [-0.05, 0) is 17.0 Å². The molecule has 90 valence electrons. The van der Waals surface area contributed by atoms with Crippen LogP contribution < -0.4 is 0 Å². The summed E-state index contributed by atoms with van der Waals surface area (Å²) < 4.78 is 5.34. The van der Waals surface area contributed by atoms with Gasteiger partial charge in [-0.1, -0.05) is 55.4 Å². The second-order valence-electron chi connectivity index (χ2n) is 3.91. The largest absolute Gasteiger partial charge is 0.469 e. The Bertz CT molecular complexity index is 228. The van der Waals surface area contributed by atoms with Crippen molar-refractivity contribution in [2.24, 2.45) is 0 Å². The lowest BCUT2D eigenvalue weighted by molar-refractivity contribution is 0.503. The highest BCUT2D eigenvalue weighted by molar-refractivity contribution is 5.20. The van der Waals surface area contributed by atoms with Gasteiger partial charge in [-0.2, -0.15) is 0 Å². The molecule has 1 heteroatoms. The Hall–Kier alpha value is -0.720. The van der Waals surface area contributed by atoms with Crippen molar-refractivity contribution >= 4 is 0 Å². The first-order valence-electron chi connectivity index (χ1n) is 6.12. The normalized spacial score (nSPS) is 9.60. The van der Waals surface area contributed by atoms with Gasteiger partial charge in [0.15, 0.2) is 0 Å². The van der Waals surface area contributed by atoms with Crippen LogP contribution in [0.1, 0.15) is 66.7 Å². The minimum atomic E-state index is 0.219. The fourth-order valence-electron chi connectivity index (χ4n) is 0.959. The summed E-state index contributed by atoms with van der Waals surface area (Å²) in [5.41, 5.74) is 1.51. The van der Waals surface area contributed by atoms with E-state index in [0.29, 0.717) is 0 Å².